The lowest BCUT2D eigenvalue weighted by Gasteiger charge is -2.26. The number of aromatic nitrogens is 1. The smallest absolute Gasteiger partial charge is 0.250 e. The van der Waals surface area contributed by atoms with Crippen molar-refractivity contribution in [2.24, 2.45) is 5.73 Å². The van der Waals surface area contributed by atoms with Gasteiger partial charge in [-0.15, -0.1) is 0 Å². The summed E-state index contributed by atoms with van der Waals surface area (Å²) in [7, 11) is 0. The number of anilines is 1. The number of pyridine rings is 1. The van der Waals surface area contributed by atoms with Gasteiger partial charge in [0, 0.05) is 43.9 Å². The molecule has 6 heteroatoms. The summed E-state index contributed by atoms with van der Waals surface area (Å²) in [5.74, 6) is 2.79. The van der Waals surface area contributed by atoms with Gasteiger partial charge in [-0.25, -0.2) is 4.98 Å². The summed E-state index contributed by atoms with van der Waals surface area (Å²) in [6.45, 7) is 4.23. The number of carbonyl (C=O) groups is 1. The lowest BCUT2D eigenvalue weighted by atomic mass is 10.3. The van der Waals surface area contributed by atoms with Crippen LogP contribution < -0.4 is 11.1 Å². The zero-order valence-corrected chi connectivity index (χ0v) is 11.1. The fourth-order valence-electron chi connectivity index (χ4n) is 1.81. The first kappa shape index (κ1) is 13.2. The van der Waals surface area contributed by atoms with E-state index < -0.39 is 5.91 Å². The molecular weight excluding hydrogens is 248 g/mol. The van der Waals surface area contributed by atoms with Gasteiger partial charge in [-0.1, -0.05) is 0 Å². The molecule has 0 spiro atoms. The van der Waals surface area contributed by atoms with Gasteiger partial charge < -0.3 is 11.1 Å². The zero-order valence-electron chi connectivity index (χ0n) is 10.3. The van der Waals surface area contributed by atoms with Crippen LogP contribution in [0.5, 0.6) is 0 Å². The van der Waals surface area contributed by atoms with Crippen molar-refractivity contribution in [3.8, 4) is 0 Å². The molecule has 2 rings (SSSR count). The number of carbonyl (C=O) groups excluding carboxylic acids is 1. The number of rotatable bonds is 5. The Morgan fingerprint density at radius 2 is 2.22 bits per heavy atom. The number of nitrogens with two attached hydrogens (primary N) is 1. The molecule has 0 aliphatic carbocycles. The molecule has 1 aliphatic rings. The van der Waals surface area contributed by atoms with E-state index in [0.29, 0.717) is 5.56 Å². The van der Waals surface area contributed by atoms with Crippen LogP contribution in [0.2, 0.25) is 0 Å². The van der Waals surface area contributed by atoms with Crippen LogP contribution in [0.1, 0.15) is 10.4 Å². The molecule has 0 saturated carbocycles. The van der Waals surface area contributed by atoms with Gasteiger partial charge in [0.1, 0.15) is 5.82 Å². The third-order valence-corrected chi connectivity index (χ3v) is 3.83. The molecule has 0 bridgehead atoms. The van der Waals surface area contributed by atoms with Crippen LogP contribution in [-0.4, -0.2) is 53.5 Å². The third-order valence-electron chi connectivity index (χ3n) is 2.89. The number of hydrogen-bond donors (Lipinski definition) is 2. The van der Waals surface area contributed by atoms with E-state index in [-0.39, 0.29) is 0 Å². The maximum Gasteiger partial charge on any atom is 0.250 e. The molecule has 2 heterocycles. The summed E-state index contributed by atoms with van der Waals surface area (Å²) >= 11 is 2.01. The molecule has 1 aliphatic heterocycles. The van der Waals surface area contributed by atoms with E-state index in [9.17, 15) is 4.79 Å². The van der Waals surface area contributed by atoms with E-state index in [2.05, 4.69) is 15.2 Å². The van der Waals surface area contributed by atoms with Crippen LogP contribution in [-0.2, 0) is 0 Å². The normalized spacial score (nSPS) is 16.4. The van der Waals surface area contributed by atoms with Gasteiger partial charge in [0.15, 0.2) is 0 Å². The quantitative estimate of drug-likeness (QED) is 0.818. The van der Waals surface area contributed by atoms with Crippen molar-refractivity contribution in [1.29, 1.82) is 0 Å². The fraction of sp³-hybridized carbons (Fsp3) is 0.500. The molecule has 5 nitrogen and oxygen atoms in total. The first-order valence-corrected chi connectivity index (χ1v) is 7.21. The van der Waals surface area contributed by atoms with Crippen molar-refractivity contribution in [3.05, 3.63) is 23.9 Å². The van der Waals surface area contributed by atoms with Crippen molar-refractivity contribution in [3.63, 3.8) is 0 Å². The van der Waals surface area contributed by atoms with Crippen LogP contribution in [0.3, 0.4) is 0 Å². The molecule has 3 N–H and O–H groups in total. The highest BCUT2D eigenvalue weighted by Crippen LogP contribution is 2.09. The largest absolute Gasteiger partial charge is 0.369 e. The Morgan fingerprint density at radius 3 is 2.83 bits per heavy atom. The van der Waals surface area contributed by atoms with Crippen molar-refractivity contribution in [1.82, 2.24) is 9.88 Å². The van der Waals surface area contributed by atoms with E-state index >= 15 is 0 Å². The summed E-state index contributed by atoms with van der Waals surface area (Å²) in [5, 5.41) is 3.25. The maximum atomic E-state index is 10.9. The summed E-state index contributed by atoms with van der Waals surface area (Å²) in [4.78, 5) is 17.5. The van der Waals surface area contributed by atoms with Gasteiger partial charge in [0.2, 0.25) is 5.91 Å². The first-order valence-electron chi connectivity index (χ1n) is 6.05. The monoisotopic (exact) mass is 266 g/mol. The molecule has 18 heavy (non-hydrogen) atoms. The minimum absolute atomic E-state index is 0.439. The SMILES string of the molecule is NC(=O)c1ccc(NCCN2CCSCC2)nc1. The van der Waals surface area contributed by atoms with Gasteiger partial charge in [0.05, 0.1) is 5.56 Å². The Hall–Kier alpha value is -1.27. The predicted octanol–water partition coefficient (Wildman–Crippen LogP) is 0.641. The zero-order chi connectivity index (χ0) is 12.8. The lowest BCUT2D eigenvalue weighted by molar-refractivity contribution is 0.1000. The molecule has 98 valence electrons. The van der Waals surface area contributed by atoms with Gasteiger partial charge in [-0.3, -0.25) is 9.69 Å². The number of hydrogen-bond acceptors (Lipinski definition) is 5. The fourth-order valence-corrected chi connectivity index (χ4v) is 2.79. The van der Waals surface area contributed by atoms with E-state index in [1.807, 2.05) is 11.8 Å². The Morgan fingerprint density at radius 1 is 1.44 bits per heavy atom. The highest BCUT2D eigenvalue weighted by Gasteiger charge is 2.09. The van der Waals surface area contributed by atoms with E-state index in [0.717, 1.165) is 18.9 Å². The van der Waals surface area contributed by atoms with Crippen molar-refractivity contribution >= 4 is 23.5 Å². The number of primary amides is 1. The second-order valence-electron chi connectivity index (χ2n) is 4.18. The van der Waals surface area contributed by atoms with Gasteiger partial charge >= 0.3 is 0 Å². The van der Waals surface area contributed by atoms with E-state index in [1.54, 1.807) is 12.1 Å². The molecule has 0 radical (unpaired) electrons. The minimum atomic E-state index is -0.445. The lowest BCUT2D eigenvalue weighted by Crippen LogP contribution is -2.36. The van der Waals surface area contributed by atoms with Crippen LogP contribution in [0, 0.1) is 0 Å². The second kappa shape index (κ2) is 6.61. The molecule has 1 aromatic heterocycles. The number of nitrogens with zero attached hydrogens (tertiary/aromatic N) is 2. The molecular formula is C12H18N4OS. The molecule has 1 fully saturated rings. The number of amides is 1. The average Bonchev–Trinajstić information content (AvgIpc) is 2.40. The first-order chi connectivity index (χ1) is 8.75. The van der Waals surface area contributed by atoms with Crippen molar-refractivity contribution in [2.75, 3.05) is 43.0 Å². The standard InChI is InChI=1S/C12H18N4OS/c13-12(17)10-1-2-11(15-9-10)14-3-4-16-5-7-18-8-6-16/h1-2,9H,3-8H2,(H2,13,17)(H,14,15). The molecule has 0 atom stereocenters. The topological polar surface area (TPSA) is 71.2 Å². The Bertz CT molecular complexity index is 390. The van der Waals surface area contributed by atoms with Gasteiger partial charge in [-0.2, -0.15) is 11.8 Å². The summed E-state index contributed by atoms with van der Waals surface area (Å²) in [6, 6.07) is 3.47. The van der Waals surface area contributed by atoms with Crippen LogP contribution in [0.25, 0.3) is 0 Å². The molecule has 0 aromatic carbocycles. The highest BCUT2D eigenvalue weighted by molar-refractivity contribution is 7.99. The predicted molar refractivity (Wildman–Crippen MR) is 75.0 cm³/mol. The Balaban J connectivity index is 1.74. The Labute approximate surface area is 111 Å². The maximum absolute atomic E-state index is 10.9. The van der Waals surface area contributed by atoms with Gasteiger partial charge in [0.25, 0.3) is 0 Å². The van der Waals surface area contributed by atoms with Crippen molar-refractivity contribution in [2.45, 2.75) is 0 Å². The van der Waals surface area contributed by atoms with Crippen molar-refractivity contribution < 1.29 is 4.79 Å². The number of nitrogens with one attached hydrogen (secondary N) is 1. The minimum Gasteiger partial charge on any atom is -0.369 e. The summed E-state index contributed by atoms with van der Waals surface area (Å²) in [5.41, 5.74) is 5.59. The van der Waals surface area contributed by atoms with E-state index in [4.69, 9.17) is 5.73 Å². The highest BCUT2D eigenvalue weighted by atomic mass is 32.2. The Kier molecular flexibility index (Phi) is 4.83. The van der Waals surface area contributed by atoms with Gasteiger partial charge in [-0.05, 0) is 12.1 Å². The van der Waals surface area contributed by atoms with Crippen LogP contribution in [0.15, 0.2) is 18.3 Å². The summed E-state index contributed by atoms with van der Waals surface area (Å²) in [6.07, 6.45) is 1.50. The second-order valence-corrected chi connectivity index (χ2v) is 5.40. The molecule has 1 amide bonds. The molecule has 1 saturated heterocycles. The molecule has 0 unspecified atom stereocenters. The summed E-state index contributed by atoms with van der Waals surface area (Å²) < 4.78 is 0. The van der Waals surface area contributed by atoms with E-state index in [1.165, 1.54) is 30.8 Å². The number of thioether (sulfide) groups is 1. The van der Waals surface area contributed by atoms with Crippen LogP contribution in [0.4, 0.5) is 5.82 Å². The van der Waals surface area contributed by atoms with Crippen LogP contribution >= 0.6 is 11.8 Å². The average molecular weight is 266 g/mol. The molecule has 1 aromatic rings. The third kappa shape index (κ3) is 3.89.